The van der Waals surface area contributed by atoms with Gasteiger partial charge in [0.2, 0.25) is 0 Å². The quantitative estimate of drug-likeness (QED) is 0.523. The van der Waals surface area contributed by atoms with E-state index in [1.165, 1.54) is 62.6 Å². The van der Waals surface area contributed by atoms with Crippen LogP contribution in [0.25, 0.3) is 0 Å². The third-order valence-corrected chi connectivity index (χ3v) is 3.87. The molecular weight excluding hydrogens is 210 g/mol. The fourth-order valence-corrected chi connectivity index (χ4v) is 3.42. The predicted octanol–water partition coefficient (Wildman–Crippen LogP) is 4.44. The number of nitrogens with zero attached hydrogens (tertiary/aromatic N) is 1. The van der Waals surface area contributed by atoms with Crippen molar-refractivity contribution in [3.8, 4) is 0 Å². The Hall–Kier alpha value is -0.0800. The Morgan fingerprint density at radius 2 is 1.12 bits per heavy atom. The van der Waals surface area contributed by atoms with Crippen molar-refractivity contribution in [2.24, 2.45) is 0 Å². The lowest BCUT2D eigenvalue weighted by Crippen LogP contribution is -2.56. The second kappa shape index (κ2) is 11.0. The van der Waals surface area contributed by atoms with Crippen molar-refractivity contribution in [2.45, 2.75) is 79.2 Å². The van der Waals surface area contributed by atoms with Crippen LogP contribution in [-0.2, 0) is 0 Å². The highest BCUT2D eigenvalue weighted by Gasteiger charge is 2.32. The van der Waals surface area contributed by atoms with Gasteiger partial charge in [-0.2, -0.15) is 0 Å². The van der Waals surface area contributed by atoms with E-state index < -0.39 is 0 Å². The van der Waals surface area contributed by atoms with E-state index in [2.05, 4.69) is 34.6 Å². The van der Waals surface area contributed by atoms with Crippen LogP contribution in [-0.4, -0.2) is 35.6 Å². The zero-order chi connectivity index (χ0) is 12.4. The summed E-state index contributed by atoms with van der Waals surface area (Å²) < 4.78 is 1.40. The lowest BCUT2D eigenvalue weighted by molar-refractivity contribution is -0.952. The molecule has 0 spiro atoms. The molecule has 0 amide bonds. The maximum absolute atomic E-state index is 2.38. The summed E-state index contributed by atoms with van der Waals surface area (Å²) in [7, 11) is 0. The van der Waals surface area contributed by atoms with Gasteiger partial charge in [-0.15, -0.1) is 0 Å². The van der Waals surface area contributed by atoms with Gasteiger partial charge in [0, 0.05) is 0 Å². The van der Waals surface area contributed by atoms with Gasteiger partial charge in [0.25, 0.3) is 0 Å². The summed E-state index contributed by atoms with van der Waals surface area (Å²) in [5, 5.41) is 0. The van der Waals surface area contributed by atoms with Crippen LogP contribution in [0.5, 0.6) is 0 Å². The van der Waals surface area contributed by atoms with Gasteiger partial charge in [-0.1, -0.05) is 41.0 Å². The Labute approximate surface area is 109 Å². The fourth-order valence-electron chi connectivity index (χ4n) is 3.42. The van der Waals surface area contributed by atoms with Crippen LogP contribution < -0.4 is 0 Å². The number of quaternary nitrogens is 1. The van der Waals surface area contributed by atoms with Gasteiger partial charge in [-0.3, -0.25) is 0 Å². The third kappa shape index (κ3) is 5.87. The van der Waals surface area contributed by atoms with Crippen LogP contribution in [0.1, 0.15) is 73.1 Å². The van der Waals surface area contributed by atoms with Gasteiger partial charge in [-0.05, 0) is 32.1 Å². The molecule has 1 N–H and O–H groups in total. The fraction of sp³-hybridized carbons (Fsp3) is 1.00. The molecule has 0 radical (unpaired) electrons. The van der Waals surface area contributed by atoms with Crippen molar-refractivity contribution in [1.29, 1.82) is 0 Å². The minimum Gasteiger partial charge on any atom is -0.870 e. The third-order valence-electron chi connectivity index (χ3n) is 3.87. The average Bonchev–Trinajstić information content (AvgIpc) is 2.26. The van der Waals surface area contributed by atoms with Gasteiger partial charge in [-0.25, -0.2) is 0 Å². The monoisotopic (exact) mass is 245 g/mol. The summed E-state index contributed by atoms with van der Waals surface area (Å²) in [5.41, 5.74) is 0. The maximum atomic E-state index is 2.38. The zero-order valence-electron chi connectivity index (χ0n) is 12.8. The molecule has 0 bridgehead atoms. The molecule has 0 aliphatic rings. The molecule has 2 nitrogen and oxygen atoms in total. The molecule has 0 rings (SSSR count). The van der Waals surface area contributed by atoms with Crippen LogP contribution in [0.4, 0.5) is 0 Å². The molecule has 2 heteroatoms. The molecule has 0 aromatic heterocycles. The predicted molar refractivity (Wildman–Crippen MR) is 76.7 cm³/mol. The first-order chi connectivity index (χ1) is 7.70. The molecule has 0 aliphatic carbocycles. The van der Waals surface area contributed by atoms with Crippen molar-refractivity contribution >= 4 is 0 Å². The van der Waals surface area contributed by atoms with Gasteiger partial charge in [0.05, 0.1) is 25.7 Å². The Balaban J connectivity index is 0. The molecule has 0 heterocycles. The minimum atomic E-state index is 0. The smallest absolute Gasteiger partial charge is 0.0887 e. The molecule has 106 valence electrons. The summed E-state index contributed by atoms with van der Waals surface area (Å²) in [6.07, 6.45) is 8.11. The van der Waals surface area contributed by atoms with Gasteiger partial charge in [0.1, 0.15) is 0 Å². The van der Waals surface area contributed by atoms with Gasteiger partial charge < -0.3 is 9.96 Å². The molecule has 0 aromatic rings. The van der Waals surface area contributed by atoms with E-state index in [0.717, 1.165) is 6.04 Å². The Morgan fingerprint density at radius 1 is 0.706 bits per heavy atom. The molecule has 0 aromatic carbocycles. The summed E-state index contributed by atoms with van der Waals surface area (Å²) in [6, 6.07) is 0.907. The first-order valence-corrected chi connectivity index (χ1v) is 7.56. The SMILES string of the molecule is CCCC(CC)[N+](CCC)(CCC)CCC.[OH-]. The summed E-state index contributed by atoms with van der Waals surface area (Å²) in [6.45, 7) is 15.9. The van der Waals surface area contributed by atoms with E-state index >= 15 is 0 Å². The van der Waals surface area contributed by atoms with Crippen molar-refractivity contribution in [1.82, 2.24) is 0 Å². The Kier molecular flexibility index (Phi) is 12.5. The van der Waals surface area contributed by atoms with E-state index in [4.69, 9.17) is 0 Å². The highest BCUT2D eigenvalue weighted by Crippen LogP contribution is 2.23. The standard InChI is InChI=1S/C15H34N.H2O/c1-6-11-15(10-5)16(12-7-2,13-8-3)14-9-4;/h15H,6-14H2,1-5H3;1H2/q+1;/p-1. The Bertz CT molecular complexity index is 142. The van der Waals surface area contributed by atoms with E-state index in [0.29, 0.717) is 0 Å². The molecule has 1 unspecified atom stereocenters. The molecular formula is C15H35NO. The second-order valence-corrected chi connectivity index (χ2v) is 5.24. The van der Waals surface area contributed by atoms with Crippen molar-refractivity contribution in [3.63, 3.8) is 0 Å². The number of hydrogen-bond donors (Lipinski definition) is 0. The van der Waals surface area contributed by atoms with E-state index in [1.807, 2.05) is 0 Å². The summed E-state index contributed by atoms with van der Waals surface area (Å²) in [5.74, 6) is 0. The second-order valence-electron chi connectivity index (χ2n) is 5.24. The van der Waals surface area contributed by atoms with Crippen molar-refractivity contribution < 1.29 is 9.96 Å². The summed E-state index contributed by atoms with van der Waals surface area (Å²) >= 11 is 0. The maximum Gasteiger partial charge on any atom is 0.0887 e. The first kappa shape index (κ1) is 19.3. The molecule has 0 saturated carbocycles. The number of hydrogen-bond acceptors (Lipinski definition) is 1. The highest BCUT2D eigenvalue weighted by atomic mass is 16.0. The van der Waals surface area contributed by atoms with E-state index in [9.17, 15) is 0 Å². The van der Waals surface area contributed by atoms with Crippen LogP contribution in [0.3, 0.4) is 0 Å². The minimum absolute atomic E-state index is 0. The molecule has 0 aliphatic heterocycles. The van der Waals surface area contributed by atoms with Gasteiger partial charge in [0.15, 0.2) is 0 Å². The van der Waals surface area contributed by atoms with E-state index in [1.54, 1.807) is 0 Å². The average molecular weight is 245 g/mol. The van der Waals surface area contributed by atoms with Crippen LogP contribution in [0.15, 0.2) is 0 Å². The van der Waals surface area contributed by atoms with Crippen LogP contribution >= 0.6 is 0 Å². The van der Waals surface area contributed by atoms with Gasteiger partial charge >= 0.3 is 0 Å². The topological polar surface area (TPSA) is 30.0 Å². The molecule has 0 fully saturated rings. The lowest BCUT2D eigenvalue weighted by Gasteiger charge is -2.45. The molecule has 0 saturated heterocycles. The largest absolute Gasteiger partial charge is 0.870 e. The zero-order valence-corrected chi connectivity index (χ0v) is 12.8. The highest BCUT2D eigenvalue weighted by molar-refractivity contribution is 4.59. The molecule has 1 atom stereocenters. The molecule has 17 heavy (non-hydrogen) atoms. The number of rotatable bonds is 10. The summed E-state index contributed by atoms with van der Waals surface area (Å²) in [4.78, 5) is 0. The van der Waals surface area contributed by atoms with Crippen molar-refractivity contribution in [2.75, 3.05) is 19.6 Å². The van der Waals surface area contributed by atoms with E-state index in [-0.39, 0.29) is 5.48 Å². The van der Waals surface area contributed by atoms with Crippen molar-refractivity contribution in [3.05, 3.63) is 0 Å². The van der Waals surface area contributed by atoms with Crippen LogP contribution in [0.2, 0.25) is 0 Å². The normalized spacial score (nSPS) is 13.2. The Morgan fingerprint density at radius 3 is 1.35 bits per heavy atom. The van der Waals surface area contributed by atoms with Crippen LogP contribution in [0, 0.1) is 0 Å². The lowest BCUT2D eigenvalue weighted by atomic mass is 10.0. The first-order valence-electron chi connectivity index (χ1n) is 7.56.